The van der Waals surface area contributed by atoms with Gasteiger partial charge in [-0.15, -0.1) is 0 Å². The van der Waals surface area contributed by atoms with Gasteiger partial charge in [0.15, 0.2) is 0 Å². The highest BCUT2D eigenvalue weighted by Crippen LogP contribution is 2.47. The molecule has 0 saturated heterocycles. The normalized spacial score (nSPS) is 11.6. The molecule has 0 aliphatic carbocycles. The average Bonchev–Trinajstić information content (AvgIpc) is 2.92. The van der Waals surface area contributed by atoms with Crippen LogP contribution in [0, 0.1) is 0 Å². The first kappa shape index (κ1) is 30.2. The SMILES string of the molecule is C=CC(=O)OCCc1ccc(-c2cc(-c3ccc(CCOC(=O)C=C)cc3)c(C(F)(F)F)c(C(F)(F)F)c2)cc1. The van der Waals surface area contributed by atoms with Crippen molar-refractivity contribution in [1.82, 2.24) is 0 Å². The van der Waals surface area contributed by atoms with Crippen molar-refractivity contribution < 1.29 is 45.4 Å². The van der Waals surface area contributed by atoms with Gasteiger partial charge in [-0.2, -0.15) is 26.3 Å². The second-order valence-corrected chi connectivity index (χ2v) is 8.58. The number of esters is 2. The van der Waals surface area contributed by atoms with Gasteiger partial charge in [0, 0.05) is 25.0 Å². The second-order valence-electron chi connectivity index (χ2n) is 8.58. The predicted molar refractivity (Wildman–Crippen MR) is 137 cm³/mol. The summed E-state index contributed by atoms with van der Waals surface area (Å²) in [7, 11) is 0. The summed E-state index contributed by atoms with van der Waals surface area (Å²) in [5.41, 5.74) is -2.73. The Bertz CT molecular complexity index is 1370. The molecule has 0 aliphatic heterocycles. The number of halogens is 6. The lowest BCUT2D eigenvalue weighted by atomic mass is 9.89. The average molecular weight is 563 g/mol. The van der Waals surface area contributed by atoms with Gasteiger partial charge in [-0.3, -0.25) is 0 Å². The molecule has 4 nitrogen and oxygen atoms in total. The molecule has 0 aliphatic rings. The van der Waals surface area contributed by atoms with Gasteiger partial charge in [0.2, 0.25) is 0 Å². The molecule has 0 fully saturated rings. The molecule has 0 bridgehead atoms. The van der Waals surface area contributed by atoms with Crippen molar-refractivity contribution in [3.05, 3.63) is 108 Å². The predicted octanol–water partition coefficient (Wildman–Crippen LogP) is 7.60. The van der Waals surface area contributed by atoms with E-state index in [-0.39, 0.29) is 36.3 Å². The lowest BCUT2D eigenvalue weighted by molar-refractivity contribution is -0.161. The van der Waals surface area contributed by atoms with Crippen molar-refractivity contribution in [3.8, 4) is 22.3 Å². The van der Waals surface area contributed by atoms with Crippen LogP contribution in [0.25, 0.3) is 22.3 Å². The summed E-state index contributed by atoms with van der Waals surface area (Å²) in [6, 6.07) is 13.3. The fourth-order valence-corrected chi connectivity index (χ4v) is 3.94. The molecule has 0 atom stereocenters. The van der Waals surface area contributed by atoms with E-state index >= 15 is 0 Å². The zero-order chi connectivity index (χ0) is 29.5. The fraction of sp³-hybridized carbons (Fsp3) is 0.200. The summed E-state index contributed by atoms with van der Waals surface area (Å²) < 4.78 is 93.9. The minimum absolute atomic E-state index is 0.00160. The first-order valence-corrected chi connectivity index (χ1v) is 11.9. The molecular formula is C30H24F6O4. The summed E-state index contributed by atoms with van der Waals surface area (Å²) in [6.07, 6.45) is -7.99. The number of alkyl halides is 6. The van der Waals surface area contributed by atoms with Gasteiger partial charge in [0.1, 0.15) is 0 Å². The summed E-state index contributed by atoms with van der Waals surface area (Å²) in [4.78, 5) is 22.3. The van der Waals surface area contributed by atoms with Gasteiger partial charge in [0.05, 0.1) is 24.3 Å². The second kappa shape index (κ2) is 12.7. The van der Waals surface area contributed by atoms with Crippen molar-refractivity contribution in [2.75, 3.05) is 13.2 Å². The lowest BCUT2D eigenvalue weighted by Gasteiger charge is -2.21. The number of hydrogen-bond donors (Lipinski definition) is 0. The molecule has 0 radical (unpaired) electrons. The minimum Gasteiger partial charge on any atom is -0.462 e. The quantitative estimate of drug-likeness (QED) is 0.145. The van der Waals surface area contributed by atoms with Gasteiger partial charge in [-0.05, 0) is 45.5 Å². The third-order valence-electron chi connectivity index (χ3n) is 5.88. The minimum atomic E-state index is -5.29. The number of benzene rings is 3. The van der Waals surface area contributed by atoms with Crippen LogP contribution in [-0.4, -0.2) is 25.2 Å². The Balaban J connectivity index is 2.01. The molecular weight excluding hydrogens is 538 g/mol. The van der Waals surface area contributed by atoms with Gasteiger partial charge in [0.25, 0.3) is 0 Å². The first-order valence-electron chi connectivity index (χ1n) is 11.9. The number of ether oxygens (including phenoxy) is 2. The van der Waals surface area contributed by atoms with Gasteiger partial charge in [-0.25, -0.2) is 9.59 Å². The number of rotatable bonds is 10. The monoisotopic (exact) mass is 562 g/mol. The molecule has 210 valence electrons. The highest BCUT2D eigenvalue weighted by Gasteiger charge is 2.45. The van der Waals surface area contributed by atoms with E-state index in [0.717, 1.165) is 18.2 Å². The highest BCUT2D eigenvalue weighted by atomic mass is 19.4. The van der Waals surface area contributed by atoms with Crippen LogP contribution in [-0.2, 0) is 44.3 Å². The third-order valence-corrected chi connectivity index (χ3v) is 5.88. The standard InChI is InChI=1S/C30H24F6O4/c1-3-26(37)39-15-13-19-5-9-21(10-6-19)23-17-24(28(30(34,35)36)25(18-23)29(31,32)33)22-11-7-20(8-12-22)14-16-40-27(38)4-2/h3-12,17-18H,1-2,13-16H2. The van der Waals surface area contributed by atoms with E-state index in [4.69, 9.17) is 9.47 Å². The fourth-order valence-electron chi connectivity index (χ4n) is 3.94. The van der Waals surface area contributed by atoms with E-state index in [1.807, 2.05) is 0 Å². The van der Waals surface area contributed by atoms with Crippen molar-refractivity contribution >= 4 is 11.9 Å². The number of carbonyl (C=O) groups is 2. The van der Waals surface area contributed by atoms with Crippen LogP contribution in [0.4, 0.5) is 26.3 Å². The molecule has 3 aromatic carbocycles. The largest absolute Gasteiger partial charge is 0.462 e. The number of carbonyl (C=O) groups excluding carboxylic acids is 2. The Morgan fingerprint density at radius 3 is 1.50 bits per heavy atom. The van der Waals surface area contributed by atoms with Crippen molar-refractivity contribution in [1.29, 1.82) is 0 Å². The van der Waals surface area contributed by atoms with Crippen molar-refractivity contribution in [2.45, 2.75) is 25.2 Å². The van der Waals surface area contributed by atoms with Crippen molar-refractivity contribution in [3.63, 3.8) is 0 Å². The Kier molecular flexibility index (Phi) is 9.57. The van der Waals surface area contributed by atoms with Crippen molar-refractivity contribution in [2.24, 2.45) is 0 Å². The Hall–Kier alpha value is -4.34. The Labute approximate surface area is 226 Å². The zero-order valence-electron chi connectivity index (χ0n) is 21.1. The molecule has 3 rings (SSSR count). The van der Waals surface area contributed by atoms with Crippen LogP contribution in [0.3, 0.4) is 0 Å². The molecule has 0 aromatic heterocycles. The molecule has 0 amide bonds. The van der Waals surface area contributed by atoms with Crippen LogP contribution in [0.1, 0.15) is 22.3 Å². The Morgan fingerprint density at radius 2 is 1.10 bits per heavy atom. The molecule has 10 heteroatoms. The van der Waals surface area contributed by atoms with Crippen LogP contribution < -0.4 is 0 Å². The van der Waals surface area contributed by atoms with E-state index in [9.17, 15) is 35.9 Å². The van der Waals surface area contributed by atoms with Crippen LogP contribution in [0.5, 0.6) is 0 Å². The molecule has 0 heterocycles. The maximum absolute atomic E-state index is 14.1. The van der Waals surface area contributed by atoms with Gasteiger partial charge >= 0.3 is 24.3 Å². The van der Waals surface area contributed by atoms with E-state index in [2.05, 4.69) is 13.2 Å². The summed E-state index contributed by atoms with van der Waals surface area (Å²) in [5.74, 6) is -1.23. The van der Waals surface area contributed by atoms with E-state index in [0.29, 0.717) is 23.6 Å². The molecule has 3 aromatic rings. The van der Waals surface area contributed by atoms with Crippen LogP contribution in [0.2, 0.25) is 0 Å². The Morgan fingerprint density at radius 1 is 0.650 bits per heavy atom. The molecule has 0 unspecified atom stereocenters. The van der Waals surface area contributed by atoms with E-state index < -0.39 is 41.0 Å². The maximum Gasteiger partial charge on any atom is 0.417 e. The summed E-state index contributed by atoms with van der Waals surface area (Å²) in [5, 5.41) is 0. The number of hydrogen-bond acceptors (Lipinski definition) is 4. The van der Waals surface area contributed by atoms with Crippen LogP contribution >= 0.6 is 0 Å². The summed E-state index contributed by atoms with van der Waals surface area (Å²) >= 11 is 0. The van der Waals surface area contributed by atoms with Crippen LogP contribution in [0.15, 0.2) is 86.0 Å². The molecule has 0 N–H and O–H groups in total. The molecule has 40 heavy (non-hydrogen) atoms. The zero-order valence-corrected chi connectivity index (χ0v) is 21.1. The smallest absolute Gasteiger partial charge is 0.417 e. The maximum atomic E-state index is 14.1. The van der Waals surface area contributed by atoms with E-state index in [1.54, 1.807) is 12.1 Å². The highest BCUT2D eigenvalue weighted by molar-refractivity contribution is 5.81. The third kappa shape index (κ3) is 7.84. The van der Waals surface area contributed by atoms with Gasteiger partial charge < -0.3 is 9.47 Å². The molecule has 0 spiro atoms. The molecule has 0 saturated carbocycles. The van der Waals surface area contributed by atoms with E-state index in [1.165, 1.54) is 36.4 Å². The first-order chi connectivity index (χ1) is 18.8. The summed E-state index contributed by atoms with van der Waals surface area (Å²) in [6.45, 7) is 6.61. The lowest BCUT2D eigenvalue weighted by Crippen LogP contribution is -2.18. The topological polar surface area (TPSA) is 52.6 Å². The van der Waals surface area contributed by atoms with Gasteiger partial charge in [-0.1, -0.05) is 61.7 Å².